The molecular formula is C24H25N3O4. The molecule has 0 radical (unpaired) electrons. The standard InChI is InChI=1S/C24H25N3O4/c1-16(2)26-24(30)25-14-17-10-12-19(13-11-17)23(29)31-15-22(28)27-21-9-5-7-18-6-3-4-8-20(18)21/h3-13,16H,14-15H2,1-2H3,(H,27,28)(H2,25,26,30). The number of amides is 3. The zero-order chi connectivity index (χ0) is 22.2. The molecule has 0 heterocycles. The van der Waals surface area contributed by atoms with Crippen LogP contribution in [0.3, 0.4) is 0 Å². The summed E-state index contributed by atoms with van der Waals surface area (Å²) in [6.45, 7) is 3.70. The van der Waals surface area contributed by atoms with Crippen LogP contribution in [-0.4, -0.2) is 30.6 Å². The summed E-state index contributed by atoms with van der Waals surface area (Å²) in [5.41, 5.74) is 1.83. The number of ether oxygens (including phenoxy) is 1. The van der Waals surface area contributed by atoms with E-state index in [1.54, 1.807) is 30.3 Å². The van der Waals surface area contributed by atoms with Crippen molar-refractivity contribution in [2.24, 2.45) is 0 Å². The molecule has 3 N–H and O–H groups in total. The molecule has 0 aliphatic rings. The summed E-state index contributed by atoms with van der Waals surface area (Å²) in [6.07, 6.45) is 0. The number of anilines is 1. The third-order valence-corrected chi connectivity index (χ3v) is 4.46. The van der Waals surface area contributed by atoms with E-state index in [-0.39, 0.29) is 18.7 Å². The van der Waals surface area contributed by atoms with Crippen molar-refractivity contribution in [3.05, 3.63) is 77.9 Å². The van der Waals surface area contributed by atoms with Crippen LogP contribution in [0, 0.1) is 0 Å². The Hall–Kier alpha value is -3.87. The molecule has 7 heteroatoms. The van der Waals surface area contributed by atoms with Crippen molar-refractivity contribution in [1.82, 2.24) is 10.6 Å². The fourth-order valence-corrected chi connectivity index (χ4v) is 2.99. The topological polar surface area (TPSA) is 96.5 Å². The lowest BCUT2D eigenvalue weighted by molar-refractivity contribution is -0.119. The molecule has 3 amide bonds. The summed E-state index contributed by atoms with van der Waals surface area (Å²) in [5.74, 6) is -1.01. The summed E-state index contributed by atoms with van der Waals surface area (Å²) >= 11 is 0. The van der Waals surface area contributed by atoms with Gasteiger partial charge in [-0.05, 0) is 43.0 Å². The summed E-state index contributed by atoms with van der Waals surface area (Å²) < 4.78 is 5.13. The Morgan fingerprint density at radius 2 is 1.61 bits per heavy atom. The predicted molar refractivity (Wildman–Crippen MR) is 120 cm³/mol. The minimum atomic E-state index is -0.592. The largest absolute Gasteiger partial charge is 0.452 e. The zero-order valence-electron chi connectivity index (χ0n) is 17.5. The third-order valence-electron chi connectivity index (χ3n) is 4.46. The Morgan fingerprint density at radius 1 is 0.903 bits per heavy atom. The van der Waals surface area contributed by atoms with Crippen molar-refractivity contribution < 1.29 is 19.1 Å². The summed E-state index contributed by atoms with van der Waals surface area (Å²) in [7, 11) is 0. The molecule has 160 valence electrons. The predicted octanol–water partition coefficient (Wildman–Crippen LogP) is 3.84. The van der Waals surface area contributed by atoms with Gasteiger partial charge in [-0.15, -0.1) is 0 Å². The smallest absolute Gasteiger partial charge is 0.338 e. The lowest BCUT2D eigenvalue weighted by Crippen LogP contribution is -2.39. The molecule has 0 bridgehead atoms. The number of rotatable bonds is 7. The highest BCUT2D eigenvalue weighted by atomic mass is 16.5. The van der Waals surface area contributed by atoms with Crippen molar-refractivity contribution in [1.29, 1.82) is 0 Å². The van der Waals surface area contributed by atoms with Crippen LogP contribution in [0.15, 0.2) is 66.7 Å². The van der Waals surface area contributed by atoms with Crippen LogP contribution in [0.2, 0.25) is 0 Å². The number of carbonyl (C=O) groups excluding carboxylic acids is 3. The summed E-state index contributed by atoms with van der Waals surface area (Å²) in [4.78, 5) is 36.1. The number of fused-ring (bicyclic) bond motifs is 1. The van der Waals surface area contributed by atoms with E-state index >= 15 is 0 Å². The van der Waals surface area contributed by atoms with Crippen LogP contribution >= 0.6 is 0 Å². The molecule has 7 nitrogen and oxygen atoms in total. The maximum absolute atomic E-state index is 12.2. The van der Waals surface area contributed by atoms with E-state index in [0.717, 1.165) is 16.3 Å². The highest BCUT2D eigenvalue weighted by molar-refractivity contribution is 6.03. The molecule has 0 spiro atoms. The van der Waals surface area contributed by atoms with Gasteiger partial charge in [0.25, 0.3) is 5.91 Å². The molecule has 31 heavy (non-hydrogen) atoms. The van der Waals surface area contributed by atoms with Crippen molar-refractivity contribution in [3.63, 3.8) is 0 Å². The molecule has 0 aromatic heterocycles. The SMILES string of the molecule is CC(C)NC(=O)NCc1ccc(C(=O)OCC(=O)Nc2cccc3ccccc23)cc1. The second kappa shape index (κ2) is 10.2. The van der Waals surface area contributed by atoms with Gasteiger partial charge in [-0.2, -0.15) is 0 Å². The minimum absolute atomic E-state index is 0.0509. The molecular weight excluding hydrogens is 394 g/mol. The number of hydrogen-bond acceptors (Lipinski definition) is 4. The highest BCUT2D eigenvalue weighted by Crippen LogP contribution is 2.22. The van der Waals surface area contributed by atoms with Crippen molar-refractivity contribution in [2.75, 3.05) is 11.9 Å². The molecule has 0 fully saturated rings. The zero-order valence-corrected chi connectivity index (χ0v) is 17.5. The van der Waals surface area contributed by atoms with Gasteiger partial charge in [-0.1, -0.05) is 48.5 Å². The fraction of sp³-hybridized carbons (Fsp3) is 0.208. The maximum Gasteiger partial charge on any atom is 0.338 e. The van der Waals surface area contributed by atoms with Crippen molar-refractivity contribution in [3.8, 4) is 0 Å². The van der Waals surface area contributed by atoms with E-state index in [4.69, 9.17) is 4.74 Å². The molecule has 3 aromatic carbocycles. The number of carbonyl (C=O) groups is 3. The number of hydrogen-bond donors (Lipinski definition) is 3. The highest BCUT2D eigenvalue weighted by Gasteiger charge is 2.12. The number of nitrogens with one attached hydrogen (secondary N) is 3. The first-order chi connectivity index (χ1) is 14.9. The summed E-state index contributed by atoms with van der Waals surface area (Å²) in [6, 6.07) is 19.8. The van der Waals surface area contributed by atoms with Gasteiger partial charge in [-0.25, -0.2) is 9.59 Å². The van der Waals surface area contributed by atoms with Crippen LogP contribution < -0.4 is 16.0 Å². The second-order valence-corrected chi connectivity index (χ2v) is 7.33. The van der Waals surface area contributed by atoms with Crippen LogP contribution in [0.25, 0.3) is 10.8 Å². The Labute approximate surface area is 180 Å². The number of esters is 1. The minimum Gasteiger partial charge on any atom is -0.452 e. The third kappa shape index (κ3) is 6.30. The van der Waals surface area contributed by atoms with E-state index in [9.17, 15) is 14.4 Å². The Bertz CT molecular complexity index is 1070. The van der Waals surface area contributed by atoms with Crippen LogP contribution in [0.1, 0.15) is 29.8 Å². The van der Waals surface area contributed by atoms with Gasteiger partial charge < -0.3 is 20.7 Å². The van der Waals surface area contributed by atoms with Crippen molar-refractivity contribution in [2.45, 2.75) is 26.4 Å². The van der Waals surface area contributed by atoms with Gasteiger partial charge in [0.1, 0.15) is 0 Å². The molecule has 0 saturated carbocycles. The van der Waals surface area contributed by atoms with Gasteiger partial charge in [0.05, 0.1) is 5.56 Å². The molecule has 0 unspecified atom stereocenters. The molecule has 0 aliphatic heterocycles. The number of benzene rings is 3. The van der Waals surface area contributed by atoms with E-state index in [0.29, 0.717) is 17.8 Å². The Morgan fingerprint density at radius 3 is 2.35 bits per heavy atom. The molecule has 0 aliphatic carbocycles. The van der Waals surface area contributed by atoms with Crippen LogP contribution in [-0.2, 0) is 16.1 Å². The molecule has 3 aromatic rings. The Balaban J connectivity index is 1.50. The first kappa shape index (κ1) is 21.8. The Kier molecular flexibility index (Phi) is 7.22. The van der Waals surface area contributed by atoms with Crippen LogP contribution in [0.4, 0.5) is 10.5 Å². The average molecular weight is 419 g/mol. The summed E-state index contributed by atoms with van der Waals surface area (Å²) in [5, 5.41) is 10.2. The first-order valence-electron chi connectivity index (χ1n) is 10.0. The quantitative estimate of drug-likeness (QED) is 0.507. The van der Waals surface area contributed by atoms with Crippen LogP contribution in [0.5, 0.6) is 0 Å². The normalized spacial score (nSPS) is 10.5. The molecule has 0 saturated heterocycles. The van der Waals surface area contributed by atoms with Crippen molar-refractivity contribution >= 4 is 34.4 Å². The van der Waals surface area contributed by atoms with Gasteiger partial charge in [0.2, 0.25) is 0 Å². The lowest BCUT2D eigenvalue weighted by Gasteiger charge is -2.11. The number of urea groups is 1. The monoisotopic (exact) mass is 419 g/mol. The lowest BCUT2D eigenvalue weighted by atomic mass is 10.1. The van der Waals surface area contributed by atoms with Gasteiger partial charge in [-0.3, -0.25) is 4.79 Å². The van der Waals surface area contributed by atoms with E-state index in [1.165, 1.54) is 0 Å². The first-order valence-corrected chi connectivity index (χ1v) is 10.0. The van der Waals surface area contributed by atoms with E-state index in [2.05, 4.69) is 16.0 Å². The molecule has 0 atom stereocenters. The maximum atomic E-state index is 12.2. The van der Waals surface area contributed by atoms with E-state index < -0.39 is 11.9 Å². The van der Waals surface area contributed by atoms with Gasteiger partial charge in [0.15, 0.2) is 6.61 Å². The van der Waals surface area contributed by atoms with Gasteiger partial charge >= 0.3 is 12.0 Å². The molecule has 3 rings (SSSR count). The van der Waals surface area contributed by atoms with Gasteiger partial charge in [0, 0.05) is 23.7 Å². The fourth-order valence-electron chi connectivity index (χ4n) is 2.99. The van der Waals surface area contributed by atoms with E-state index in [1.807, 2.05) is 50.2 Å². The second-order valence-electron chi connectivity index (χ2n) is 7.33. The average Bonchev–Trinajstić information content (AvgIpc) is 2.76.